The molecule has 1 unspecified atom stereocenters. The summed E-state index contributed by atoms with van der Waals surface area (Å²) in [6.45, 7) is 2.47. The Morgan fingerprint density at radius 2 is 1.93 bits per heavy atom. The molecule has 0 aliphatic carbocycles. The van der Waals surface area contributed by atoms with E-state index < -0.39 is 0 Å². The summed E-state index contributed by atoms with van der Waals surface area (Å²) in [6, 6.07) is 13.6. The highest BCUT2D eigenvalue weighted by Crippen LogP contribution is 2.29. The maximum Gasteiger partial charge on any atom is 0.273 e. The van der Waals surface area contributed by atoms with Crippen LogP contribution in [-0.2, 0) is 0 Å². The predicted molar refractivity (Wildman–Crippen MR) is 114 cm³/mol. The summed E-state index contributed by atoms with van der Waals surface area (Å²) < 4.78 is 5.19. The highest BCUT2D eigenvalue weighted by atomic mass is 32.1. The Bertz CT molecular complexity index is 1000. The Labute approximate surface area is 177 Å². The van der Waals surface area contributed by atoms with Crippen LogP contribution in [0.5, 0.6) is 5.75 Å². The molecule has 1 atom stereocenters. The van der Waals surface area contributed by atoms with Gasteiger partial charge in [-0.05, 0) is 29.1 Å². The first kappa shape index (κ1) is 19.6. The van der Waals surface area contributed by atoms with Crippen molar-refractivity contribution in [2.75, 3.05) is 33.3 Å². The molecule has 6 nitrogen and oxygen atoms in total. The largest absolute Gasteiger partial charge is 0.497 e. The van der Waals surface area contributed by atoms with Gasteiger partial charge in [-0.2, -0.15) is 5.26 Å². The second-order valence-corrected chi connectivity index (χ2v) is 8.45. The molecule has 8 heteroatoms. The zero-order chi connectivity index (χ0) is 20.2. The number of benzene rings is 1. The molecular formula is C21H20N4O2S2. The van der Waals surface area contributed by atoms with Gasteiger partial charge in [0.05, 0.1) is 18.1 Å². The molecule has 1 fully saturated rings. The second-order valence-electron chi connectivity index (χ2n) is 6.65. The van der Waals surface area contributed by atoms with Crippen LogP contribution in [0.15, 0.2) is 47.2 Å². The van der Waals surface area contributed by atoms with Crippen LogP contribution in [0.2, 0.25) is 0 Å². The van der Waals surface area contributed by atoms with Gasteiger partial charge in [-0.25, -0.2) is 4.98 Å². The van der Waals surface area contributed by atoms with Crippen LogP contribution >= 0.6 is 22.7 Å². The quantitative estimate of drug-likeness (QED) is 0.621. The van der Waals surface area contributed by atoms with E-state index in [4.69, 9.17) is 4.74 Å². The Morgan fingerprint density at radius 3 is 2.55 bits per heavy atom. The molecule has 3 aromatic rings. The minimum Gasteiger partial charge on any atom is -0.497 e. The number of hydrogen-bond donors (Lipinski definition) is 0. The third-order valence-corrected chi connectivity index (χ3v) is 6.86. The third kappa shape index (κ3) is 4.17. The van der Waals surface area contributed by atoms with Crippen molar-refractivity contribution in [2.24, 2.45) is 0 Å². The van der Waals surface area contributed by atoms with E-state index in [9.17, 15) is 10.1 Å². The summed E-state index contributed by atoms with van der Waals surface area (Å²) in [6.07, 6.45) is 0. The molecule has 1 saturated heterocycles. The molecule has 2 aromatic heterocycles. The van der Waals surface area contributed by atoms with Crippen LogP contribution in [0.4, 0.5) is 0 Å². The van der Waals surface area contributed by atoms with Crippen LogP contribution in [0.3, 0.4) is 0 Å². The van der Waals surface area contributed by atoms with Crippen molar-refractivity contribution < 1.29 is 9.53 Å². The number of ether oxygens (including phenoxy) is 1. The molecule has 1 aliphatic rings. The van der Waals surface area contributed by atoms with Crippen molar-refractivity contribution in [2.45, 2.75) is 6.04 Å². The lowest BCUT2D eigenvalue weighted by Crippen LogP contribution is -2.49. The zero-order valence-electron chi connectivity index (χ0n) is 15.9. The van der Waals surface area contributed by atoms with Crippen molar-refractivity contribution in [1.29, 1.82) is 5.26 Å². The molecule has 0 bridgehead atoms. The van der Waals surface area contributed by atoms with E-state index in [1.165, 1.54) is 11.3 Å². The lowest BCUT2D eigenvalue weighted by atomic mass is 10.1. The number of hydrogen-bond acceptors (Lipinski definition) is 7. The van der Waals surface area contributed by atoms with Gasteiger partial charge in [-0.3, -0.25) is 9.69 Å². The third-order valence-electron chi connectivity index (χ3n) is 4.98. The number of piperazine rings is 1. The molecule has 4 rings (SSSR count). The van der Waals surface area contributed by atoms with Gasteiger partial charge in [0, 0.05) is 31.6 Å². The summed E-state index contributed by atoms with van der Waals surface area (Å²) >= 11 is 3.12. The SMILES string of the molecule is COc1ccc(C(C#N)N2CCN(C(=O)c3csc(-c4cccs4)n3)CC2)cc1. The van der Waals surface area contributed by atoms with Gasteiger partial charge in [0.1, 0.15) is 22.5 Å². The molecule has 0 saturated carbocycles. The Kier molecular flexibility index (Phi) is 5.90. The summed E-state index contributed by atoms with van der Waals surface area (Å²) in [5.74, 6) is 0.729. The number of aromatic nitrogens is 1. The molecule has 1 aromatic carbocycles. The van der Waals surface area contributed by atoms with E-state index in [0.29, 0.717) is 31.9 Å². The van der Waals surface area contributed by atoms with Crippen LogP contribution in [0, 0.1) is 11.3 Å². The average Bonchev–Trinajstić information content (AvgIpc) is 3.47. The minimum atomic E-state index is -0.331. The number of carbonyl (C=O) groups excluding carboxylic acids is 1. The number of carbonyl (C=O) groups is 1. The standard InChI is InChI=1S/C21H20N4O2S2/c1-27-16-6-4-15(5-7-16)18(13-22)24-8-10-25(11-9-24)21(26)17-14-29-20(23-17)19-3-2-12-28-19/h2-7,12,14,18H,8-11H2,1H3. The van der Waals surface area contributed by atoms with Crippen LogP contribution in [0.25, 0.3) is 9.88 Å². The molecule has 3 heterocycles. The second kappa shape index (κ2) is 8.74. The van der Waals surface area contributed by atoms with E-state index in [1.54, 1.807) is 18.4 Å². The van der Waals surface area contributed by atoms with Gasteiger partial charge in [-0.15, -0.1) is 22.7 Å². The summed E-state index contributed by atoms with van der Waals surface area (Å²) in [5.41, 5.74) is 1.44. The number of thiophene rings is 1. The van der Waals surface area contributed by atoms with Crippen molar-refractivity contribution in [1.82, 2.24) is 14.8 Å². The van der Waals surface area contributed by atoms with Crippen molar-refractivity contribution >= 4 is 28.6 Å². The fourth-order valence-corrected chi connectivity index (χ4v) is 4.99. The summed E-state index contributed by atoms with van der Waals surface area (Å²) in [5, 5.41) is 14.4. The smallest absolute Gasteiger partial charge is 0.273 e. The van der Waals surface area contributed by atoms with E-state index >= 15 is 0 Å². The zero-order valence-corrected chi connectivity index (χ0v) is 17.6. The molecule has 1 aliphatic heterocycles. The lowest BCUT2D eigenvalue weighted by molar-refractivity contribution is 0.0601. The molecule has 0 N–H and O–H groups in total. The topological polar surface area (TPSA) is 69.5 Å². The van der Waals surface area contributed by atoms with E-state index in [-0.39, 0.29) is 11.9 Å². The molecule has 148 valence electrons. The fourth-order valence-electron chi connectivity index (χ4n) is 3.38. The number of rotatable bonds is 5. The monoisotopic (exact) mass is 424 g/mol. The Balaban J connectivity index is 1.39. The molecule has 1 amide bonds. The maximum atomic E-state index is 12.8. The average molecular weight is 425 g/mol. The van der Waals surface area contributed by atoms with Gasteiger partial charge in [-0.1, -0.05) is 18.2 Å². The van der Waals surface area contributed by atoms with Crippen molar-refractivity contribution in [3.8, 4) is 21.7 Å². The Hall–Kier alpha value is -2.73. The number of nitriles is 1. The number of nitrogens with zero attached hydrogens (tertiary/aromatic N) is 4. The summed E-state index contributed by atoms with van der Waals surface area (Å²) in [4.78, 5) is 22.4. The first-order chi connectivity index (χ1) is 14.2. The molecular weight excluding hydrogens is 404 g/mol. The normalized spacial score (nSPS) is 15.7. The number of methoxy groups -OCH3 is 1. The van der Waals surface area contributed by atoms with Crippen molar-refractivity contribution in [3.05, 3.63) is 58.4 Å². The highest BCUT2D eigenvalue weighted by molar-refractivity contribution is 7.20. The molecule has 0 radical (unpaired) electrons. The lowest BCUT2D eigenvalue weighted by Gasteiger charge is -2.36. The minimum absolute atomic E-state index is 0.0401. The van der Waals surface area contributed by atoms with Gasteiger partial charge < -0.3 is 9.64 Å². The maximum absolute atomic E-state index is 12.8. The van der Waals surface area contributed by atoms with Crippen molar-refractivity contribution in [3.63, 3.8) is 0 Å². The van der Waals surface area contributed by atoms with Gasteiger partial charge in [0.25, 0.3) is 5.91 Å². The van der Waals surface area contributed by atoms with Gasteiger partial charge >= 0.3 is 0 Å². The van der Waals surface area contributed by atoms with E-state index in [2.05, 4.69) is 16.0 Å². The number of amides is 1. The fraction of sp³-hybridized carbons (Fsp3) is 0.286. The highest BCUT2D eigenvalue weighted by Gasteiger charge is 2.28. The number of thiazole rings is 1. The summed E-state index contributed by atoms with van der Waals surface area (Å²) in [7, 11) is 1.62. The molecule has 0 spiro atoms. The predicted octanol–water partition coefficient (Wildman–Crippen LogP) is 3.90. The van der Waals surface area contributed by atoms with E-state index in [0.717, 1.165) is 21.2 Å². The first-order valence-corrected chi connectivity index (χ1v) is 11.0. The first-order valence-electron chi connectivity index (χ1n) is 9.26. The Morgan fingerprint density at radius 1 is 1.17 bits per heavy atom. The van der Waals surface area contributed by atoms with Gasteiger partial charge in [0.15, 0.2) is 0 Å². The van der Waals surface area contributed by atoms with E-state index in [1.807, 2.05) is 52.1 Å². The van der Waals surface area contributed by atoms with Crippen LogP contribution < -0.4 is 4.74 Å². The molecule has 29 heavy (non-hydrogen) atoms. The van der Waals surface area contributed by atoms with Crippen LogP contribution in [-0.4, -0.2) is 54.0 Å². The van der Waals surface area contributed by atoms with Crippen LogP contribution in [0.1, 0.15) is 22.1 Å². The van der Waals surface area contributed by atoms with Gasteiger partial charge in [0.2, 0.25) is 0 Å².